The minimum absolute atomic E-state index is 0.177. The van der Waals surface area contributed by atoms with E-state index in [1.54, 1.807) is 66.7 Å². The molecule has 1 saturated heterocycles. The average Bonchev–Trinajstić information content (AvgIpc) is 2.99. The van der Waals surface area contributed by atoms with Crippen LogP contribution in [0.3, 0.4) is 0 Å². The first-order valence-corrected chi connectivity index (χ1v) is 12.1. The number of hydrogen-bond donors (Lipinski definition) is 1. The van der Waals surface area contributed by atoms with E-state index < -0.39 is 54.9 Å². The fraction of sp³-hybridized carbons (Fsp3) is 0.276. The zero-order chi connectivity index (χ0) is 27.8. The molecule has 1 fully saturated rings. The summed E-state index contributed by atoms with van der Waals surface area (Å²) in [5.41, 5.74) is 0.663. The Bertz CT molecular complexity index is 1250. The minimum Gasteiger partial charge on any atom is -0.459 e. The first kappa shape index (κ1) is 27.9. The van der Waals surface area contributed by atoms with Crippen LogP contribution in [-0.4, -0.2) is 74.2 Å². The number of rotatable bonds is 9. The van der Waals surface area contributed by atoms with E-state index in [-0.39, 0.29) is 16.7 Å². The largest absolute Gasteiger partial charge is 0.459 e. The Balaban J connectivity index is 1.64. The maximum Gasteiger partial charge on any atom is 0.338 e. The highest BCUT2D eigenvalue weighted by Gasteiger charge is 2.61. The standard InChI is InChI=1S/C29H28O10/c1-34-28-23(38-26(31)20-14-8-4-9-15-20)24(39-27(32)21-16-10-5-11-17-21)29(33,35-2)22(37-28)18-36-25(30)19-12-6-3-7-13-19/h3-17,22-24,28,33H,18H2,1-2H3/t22-,23-,24-,28+,29-/m1/s1. The van der Waals surface area contributed by atoms with Crippen molar-refractivity contribution in [1.29, 1.82) is 0 Å². The van der Waals surface area contributed by atoms with Crippen molar-refractivity contribution in [1.82, 2.24) is 0 Å². The predicted molar refractivity (Wildman–Crippen MR) is 136 cm³/mol. The molecule has 0 bridgehead atoms. The smallest absolute Gasteiger partial charge is 0.338 e. The van der Waals surface area contributed by atoms with Crippen LogP contribution in [0.4, 0.5) is 0 Å². The molecule has 204 valence electrons. The third kappa shape index (κ3) is 6.32. The van der Waals surface area contributed by atoms with Gasteiger partial charge in [-0.05, 0) is 36.4 Å². The molecule has 0 spiro atoms. The second-order valence-corrected chi connectivity index (χ2v) is 8.58. The fourth-order valence-corrected chi connectivity index (χ4v) is 4.10. The third-order valence-electron chi connectivity index (χ3n) is 6.16. The Morgan fingerprint density at radius 1 is 0.744 bits per heavy atom. The molecule has 4 rings (SSSR count). The molecule has 5 atom stereocenters. The summed E-state index contributed by atoms with van der Waals surface area (Å²) in [6, 6.07) is 24.4. The summed E-state index contributed by atoms with van der Waals surface area (Å²) in [7, 11) is 2.44. The molecule has 1 aliphatic heterocycles. The molecule has 0 aromatic heterocycles. The van der Waals surface area contributed by atoms with Crippen molar-refractivity contribution in [2.24, 2.45) is 0 Å². The number of aliphatic hydroxyl groups is 1. The van der Waals surface area contributed by atoms with Gasteiger partial charge in [-0.1, -0.05) is 54.6 Å². The maximum atomic E-state index is 13.1. The number of esters is 3. The molecule has 3 aromatic carbocycles. The van der Waals surface area contributed by atoms with Gasteiger partial charge in [0.05, 0.1) is 16.7 Å². The fourth-order valence-electron chi connectivity index (χ4n) is 4.10. The molecule has 0 saturated carbocycles. The van der Waals surface area contributed by atoms with Gasteiger partial charge in [0.15, 0.2) is 18.5 Å². The van der Waals surface area contributed by atoms with E-state index in [0.717, 1.165) is 7.11 Å². The second kappa shape index (κ2) is 12.6. The average molecular weight is 537 g/mol. The Morgan fingerprint density at radius 3 is 1.67 bits per heavy atom. The van der Waals surface area contributed by atoms with Crippen LogP contribution in [0.2, 0.25) is 0 Å². The highest BCUT2D eigenvalue weighted by molar-refractivity contribution is 5.90. The van der Waals surface area contributed by atoms with Gasteiger partial charge in [-0.15, -0.1) is 0 Å². The molecule has 0 amide bonds. The third-order valence-corrected chi connectivity index (χ3v) is 6.16. The molecule has 0 aliphatic carbocycles. The summed E-state index contributed by atoms with van der Waals surface area (Å²) in [5.74, 6) is -4.70. The lowest BCUT2D eigenvalue weighted by Gasteiger charge is -2.48. The normalized spacial score (nSPS) is 24.4. The molecule has 0 unspecified atom stereocenters. The summed E-state index contributed by atoms with van der Waals surface area (Å²) in [5, 5.41) is 11.7. The molecule has 10 nitrogen and oxygen atoms in total. The van der Waals surface area contributed by atoms with Crippen molar-refractivity contribution in [2.75, 3.05) is 20.8 Å². The molecule has 10 heteroatoms. The molecule has 3 aromatic rings. The molecule has 39 heavy (non-hydrogen) atoms. The van der Waals surface area contributed by atoms with Gasteiger partial charge in [-0.2, -0.15) is 0 Å². The second-order valence-electron chi connectivity index (χ2n) is 8.58. The van der Waals surface area contributed by atoms with Crippen molar-refractivity contribution in [3.63, 3.8) is 0 Å². The zero-order valence-corrected chi connectivity index (χ0v) is 21.3. The van der Waals surface area contributed by atoms with Crippen LogP contribution in [0, 0.1) is 0 Å². The van der Waals surface area contributed by atoms with Gasteiger partial charge >= 0.3 is 17.9 Å². The number of carbonyl (C=O) groups excluding carboxylic acids is 3. The van der Waals surface area contributed by atoms with Crippen LogP contribution in [0.1, 0.15) is 31.1 Å². The number of methoxy groups -OCH3 is 2. The predicted octanol–water partition coefficient (Wildman–Crippen LogP) is 3.00. The van der Waals surface area contributed by atoms with E-state index in [1.165, 1.54) is 31.4 Å². The van der Waals surface area contributed by atoms with Crippen LogP contribution < -0.4 is 0 Å². The number of carbonyl (C=O) groups is 3. The van der Waals surface area contributed by atoms with Gasteiger partial charge in [0.2, 0.25) is 11.9 Å². The van der Waals surface area contributed by atoms with E-state index in [1.807, 2.05) is 0 Å². The lowest BCUT2D eigenvalue weighted by Crippen LogP contribution is -2.70. The van der Waals surface area contributed by atoms with Crippen molar-refractivity contribution >= 4 is 17.9 Å². The summed E-state index contributed by atoms with van der Waals surface area (Å²) >= 11 is 0. The Hall–Kier alpha value is -4.09. The van der Waals surface area contributed by atoms with Crippen LogP contribution in [-0.2, 0) is 28.4 Å². The first-order chi connectivity index (χ1) is 18.9. The summed E-state index contributed by atoms with van der Waals surface area (Å²) in [6.07, 6.45) is -5.86. The summed E-state index contributed by atoms with van der Waals surface area (Å²) in [4.78, 5) is 38.6. The molecule has 0 radical (unpaired) electrons. The van der Waals surface area contributed by atoms with Crippen molar-refractivity contribution in [3.05, 3.63) is 108 Å². The first-order valence-electron chi connectivity index (χ1n) is 12.1. The van der Waals surface area contributed by atoms with Gasteiger partial charge in [0, 0.05) is 14.2 Å². The SMILES string of the molecule is CO[C@H]1O[C@H](COC(=O)c2ccccc2)[C@@](O)(OC)[C@H](OC(=O)c2ccccc2)[C@H]1OC(=O)c1ccccc1. The molecular weight excluding hydrogens is 508 g/mol. The summed E-state index contributed by atoms with van der Waals surface area (Å²) in [6.45, 7) is -0.503. The van der Waals surface area contributed by atoms with Crippen LogP contribution in [0.25, 0.3) is 0 Å². The maximum absolute atomic E-state index is 13.1. The van der Waals surface area contributed by atoms with E-state index in [0.29, 0.717) is 0 Å². The van der Waals surface area contributed by atoms with E-state index >= 15 is 0 Å². The van der Waals surface area contributed by atoms with Gasteiger partial charge in [-0.3, -0.25) is 0 Å². The van der Waals surface area contributed by atoms with E-state index in [9.17, 15) is 19.5 Å². The quantitative estimate of drug-likeness (QED) is 0.248. The molecule has 1 aliphatic rings. The highest BCUT2D eigenvalue weighted by Crippen LogP contribution is 2.36. The van der Waals surface area contributed by atoms with Crippen molar-refractivity contribution < 1.29 is 47.9 Å². The Labute approximate surface area is 225 Å². The highest BCUT2D eigenvalue weighted by atomic mass is 16.8. The van der Waals surface area contributed by atoms with Crippen molar-refractivity contribution in [2.45, 2.75) is 30.4 Å². The summed E-state index contributed by atoms with van der Waals surface area (Å²) < 4.78 is 33.4. The van der Waals surface area contributed by atoms with E-state index in [2.05, 4.69) is 0 Å². The van der Waals surface area contributed by atoms with Gasteiger partial charge in [0.25, 0.3) is 0 Å². The van der Waals surface area contributed by atoms with Gasteiger partial charge in [0.1, 0.15) is 6.61 Å². The minimum atomic E-state index is -2.42. The number of ether oxygens (including phenoxy) is 6. The topological polar surface area (TPSA) is 127 Å². The molecule has 1 N–H and O–H groups in total. The zero-order valence-electron chi connectivity index (χ0n) is 21.3. The molecule has 1 heterocycles. The van der Waals surface area contributed by atoms with Gasteiger partial charge in [-0.25, -0.2) is 14.4 Å². The van der Waals surface area contributed by atoms with Crippen LogP contribution in [0.15, 0.2) is 91.0 Å². The van der Waals surface area contributed by atoms with E-state index in [4.69, 9.17) is 28.4 Å². The van der Waals surface area contributed by atoms with Crippen LogP contribution in [0.5, 0.6) is 0 Å². The Kier molecular flexibility index (Phi) is 9.05. The lowest BCUT2D eigenvalue weighted by molar-refractivity contribution is -0.386. The van der Waals surface area contributed by atoms with Gasteiger partial charge < -0.3 is 33.5 Å². The molecular formula is C29H28O10. The number of benzene rings is 3. The number of hydrogen-bond acceptors (Lipinski definition) is 10. The van der Waals surface area contributed by atoms with Crippen LogP contribution >= 0.6 is 0 Å². The monoisotopic (exact) mass is 536 g/mol. The lowest BCUT2D eigenvalue weighted by atomic mass is 9.94. The Morgan fingerprint density at radius 2 is 1.21 bits per heavy atom. The van der Waals surface area contributed by atoms with Crippen molar-refractivity contribution in [3.8, 4) is 0 Å².